The highest BCUT2D eigenvalue weighted by molar-refractivity contribution is 7.80. The van der Waals surface area contributed by atoms with Gasteiger partial charge >= 0.3 is 0 Å². The van der Waals surface area contributed by atoms with E-state index >= 15 is 0 Å². The number of halogens is 1. The summed E-state index contributed by atoms with van der Waals surface area (Å²) in [7, 11) is 0. The quantitative estimate of drug-likeness (QED) is 0.667. The van der Waals surface area contributed by atoms with Gasteiger partial charge < -0.3 is 5.32 Å². The molecule has 1 aromatic heterocycles. The Morgan fingerprint density at radius 3 is 2.80 bits per heavy atom. The molecule has 0 radical (unpaired) electrons. The molecule has 0 saturated carbocycles. The lowest BCUT2D eigenvalue weighted by molar-refractivity contribution is 0.102. The monoisotopic (exact) mass is 303 g/mol. The first kappa shape index (κ1) is 13.1. The molecule has 0 bridgehead atoms. The number of nitrogens with one attached hydrogen (secondary N) is 1. The lowest BCUT2D eigenvalue weighted by Gasteiger charge is -2.06. The Bertz CT molecular complexity index is 797. The van der Waals surface area contributed by atoms with Gasteiger partial charge in [0.05, 0.1) is 0 Å². The van der Waals surface area contributed by atoms with E-state index in [9.17, 15) is 9.18 Å². The SMILES string of the molecule is O=C(Nc1ccc2sccc2c1)c1ccc(F)c(S)c1. The van der Waals surface area contributed by atoms with Crippen molar-refractivity contribution in [1.29, 1.82) is 0 Å². The molecule has 3 rings (SSSR count). The molecule has 2 nitrogen and oxygen atoms in total. The van der Waals surface area contributed by atoms with Crippen molar-refractivity contribution in [1.82, 2.24) is 0 Å². The zero-order valence-electron chi connectivity index (χ0n) is 10.3. The van der Waals surface area contributed by atoms with Gasteiger partial charge in [-0.1, -0.05) is 0 Å². The fraction of sp³-hybridized carbons (Fsp3) is 0. The fourth-order valence-electron chi connectivity index (χ4n) is 1.90. The van der Waals surface area contributed by atoms with Gasteiger partial charge in [0.15, 0.2) is 0 Å². The van der Waals surface area contributed by atoms with Gasteiger partial charge in [-0.15, -0.1) is 24.0 Å². The number of thiol groups is 1. The van der Waals surface area contributed by atoms with Crippen LogP contribution in [0.3, 0.4) is 0 Å². The molecule has 100 valence electrons. The maximum atomic E-state index is 13.1. The standard InChI is InChI=1S/C15H10FNOS2/c16-12-3-1-10(8-13(12)19)15(18)17-11-2-4-14-9(7-11)5-6-20-14/h1-8,19H,(H,17,18). The van der Waals surface area contributed by atoms with Gasteiger partial charge in [-0.05, 0) is 53.2 Å². The molecule has 0 unspecified atom stereocenters. The van der Waals surface area contributed by atoms with Crippen molar-refractivity contribution in [2.75, 3.05) is 5.32 Å². The average molecular weight is 303 g/mol. The summed E-state index contributed by atoms with van der Waals surface area (Å²) in [5, 5.41) is 5.88. The third-order valence-electron chi connectivity index (χ3n) is 2.92. The van der Waals surface area contributed by atoms with Crippen LogP contribution in [-0.4, -0.2) is 5.91 Å². The number of fused-ring (bicyclic) bond motifs is 1. The second kappa shape index (κ2) is 5.26. The molecule has 1 heterocycles. The van der Waals surface area contributed by atoms with E-state index in [0.29, 0.717) is 11.3 Å². The van der Waals surface area contributed by atoms with Crippen LogP contribution in [0.15, 0.2) is 52.7 Å². The smallest absolute Gasteiger partial charge is 0.255 e. The maximum absolute atomic E-state index is 13.1. The molecule has 20 heavy (non-hydrogen) atoms. The number of hydrogen-bond donors (Lipinski definition) is 2. The van der Waals surface area contributed by atoms with Crippen molar-refractivity contribution in [2.45, 2.75) is 4.90 Å². The van der Waals surface area contributed by atoms with Crippen LogP contribution in [0.2, 0.25) is 0 Å². The molecule has 0 spiro atoms. The van der Waals surface area contributed by atoms with E-state index in [1.54, 1.807) is 11.3 Å². The normalized spacial score (nSPS) is 10.7. The van der Waals surface area contributed by atoms with Gasteiger partial charge in [0.1, 0.15) is 5.82 Å². The summed E-state index contributed by atoms with van der Waals surface area (Å²) in [4.78, 5) is 12.2. The molecular weight excluding hydrogens is 293 g/mol. The zero-order chi connectivity index (χ0) is 14.1. The molecule has 0 aliphatic carbocycles. The van der Waals surface area contributed by atoms with Crippen molar-refractivity contribution < 1.29 is 9.18 Å². The summed E-state index contributed by atoms with van der Waals surface area (Å²) in [5.74, 6) is -0.723. The summed E-state index contributed by atoms with van der Waals surface area (Å²) < 4.78 is 14.3. The molecule has 0 atom stereocenters. The molecule has 0 aliphatic heterocycles. The van der Waals surface area contributed by atoms with Crippen LogP contribution in [-0.2, 0) is 0 Å². The largest absolute Gasteiger partial charge is 0.322 e. The Hall–Kier alpha value is -1.85. The predicted octanol–water partition coefficient (Wildman–Crippen LogP) is 4.58. The first-order chi connectivity index (χ1) is 9.63. The van der Waals surface area contributed by atoms with Crippen molar-refractivity contribution in [3.05, 3.63) is 59.2 Å². The number of amides is 1. The predicted molar refractivity (Wildman–Crippen MR) is 83.4 cm³/mol. The third kappa shape index (κ3) is 2.55. The second-order valence-corrected chi connectivity index (χ2v) is 5.72. The summed E-state index contributed by atoms with van der Waals surface area (Å²) in [6, 6.07) is 11.8. The van der Waals surface area contributed by atoms with Gasteiger partial charge in [-0.2, -0.15) is 0 Å². The summed E-state index contributed by atoms with van der Waals surface area (Å²) in [6.45, 7) is 0. The number of rotatable bonds is 2. The molecule has 1 N–H and O–H groups in total. The Morgan fingerprint density at radius 2 is 2.00 bits per heavy atom. The lowest BCUT2D eigenvalue weighted by atomic mass is 10.2. The molecule has 2 aromatic carbocycles. The lowest BCUT2D eigenvalue weighted by Crippen LogP contribution is -2.11. The minimum absolute atomic E-state index is 0.158. The molecule has 0 aliphatic rings. The number of thiophene rings is 1. The van der Waals surface area contributed by atoms with Gasteiger partial charge in [0.2, 0.25) is 0 Å². The molecular formula is C15H10FNOS2. The average Bonchev–Trinajstić information content (AvgIpc) is 2.89. The molecule has 0 saturated heterocycles. The van der Waals surface area contributed by atoms with Crippen LogP contribution in [0.1, 0.15) is 10.4 Å². The summed E-state index contributed by atoms with van der Waals surface area (Å²) >= 11 is 5.62. The van der Waals surface area contributed by atoms with Crippen LogP contribution in [0.4, 0.5) is 10.1 Å². The fourth-order valence-corrected chi connectivity index (χ4v) is 2.89. The van der Waals surface area contributed by atoms with Gasteiger partial charge in [-0.25, -0.2) is 4.39 Å². The first-order valence-electron chi connectivity index (χ1n) is 5.90. The highest BCUT2D eigenvalue weighted by Crippen LogP contribution is 2.24. The van der Waals surface area contributed by atoms with Crippen LogP contribution in [0.5, 0.6) is 0 Å². The van der Waals surface area contributed by atoms with E-state index in [4.69, 9.17) is 0 Å². The van der Waals surface area contributed by atoms with Crippen LogP contribution < -0.4 is 5.32 Å². The summed E-state index contributed by atoms with van der Waals surface area (Å²) in [5.41, 5.74) is 1.09. The van der Waals surface area contributed by atoms with E-state index in [-0.39, 0.29) is 10.8 Å². The van der Waals surface area contributed by atoms with Crippen LogP contribution >= 0.6 is 24.0 Å². The Balaban J connectivity index is 1.85. The van der Waals surface area contributed by atoms with E-state index in [0.717, 1.165) is 5.39 Å². The van der Waals surface area contributed by atoms with E-state index in [1.807, 2.05) is 29.6 Å². The highest BCUT2D eigenvalue weighted by atomic mass is 32.1. The zero-order valence-corrected chi connectivity index (χ0v) is 12.0. The minimum Gasteiger partial charge on any atom is -0.322 e. The van der Waals surface area contributed by atoms with Gasteiger partial charge in [0.25, 0.3) is 5.91 Å². The van der Waals surface area contributed by atoms with Crippen LogP contribution in [0.25, 0.3) is 10.1 Å². The van der Waals surface area contributed by atoms with Crippen molar-refractivity contribution in [3.63, 3.8) is 0 Å². The van der Waals surface area contributed by atoms with Crippen molar-refractivity contribution in [2.24, 2.45) is 0 Å². The van der Waals surface area contributed by atoms with Crippen molar-refractivity contribution >= 4 is 45.6 Å². The number of hydrogen-bond acceptors (Lipinski definition) is 3. The van der Waals surface area contributed by atoms with Gasteiger partial charge in [-0.3, -0.25) is 4.79 Å². The Labute approximate surface area is 124 Å². The highest BCUT2D eigenvalue weighted by Gasteiger charge is 2.09. The molecule has 1 amide bonds. The van der Waals surface area contributed by atoms with E-state index in [1.165, 1.54) is 22.9 Å². The molecule has 5 heteroatoms. The van der Waals surface area contributed by atoms with E-state index < -0.39 is 5.82 Å². The van der Waals surface area contributed by atoms with Gasteiger partial charge in [0, 0.05) is 20.8 Å². The summed E-state index contributed by atoms with van der Waals surface area (Å²) in [6.07, 6.45) is 0. The Kier molecular flexibility index (Phi) is 3.46. The number of anilines is 1. The van der Waals surface area contributed by atoms with Crippen LogP contribution in [0, 0.1) is 5.82 Å². The number of carbonyl (C=O) groups is 1. The molecule has 0 fully saturated rings. The minimum atomic E-state index is -0.440. The third-order valence-corrected chi connectivity index (χ3v) is 4.16. The second-order valence-electron chi connectivity index (χ2n) is 4.29. The number of benzene rings is 2. The Morgan fingerprint density at radius 1 is 1.15 bits per heavy atom. The molecule has 3 aromatic rings. The van der Waals surface area contributed by atoms with Crippen molar-refractivity contribution in [3.8, 4) is 0 Å². The topological polar surface area (TPSA) is 29.1 Å². The maximum Gasteiger partial charge on any atom is 0.255 e. The van der Waals surface area contributed by atoms with E-state index in [2.05, 4.69) is 17.9 Å². The first-order valence-corrected chi connectivity index (χ1v) is 7.23. The number of carbonyl (C=O) groups excluding carboxylic acids is 1.